The number of para-hydroxylation sites is 1. The largest absolute Gasteiger partial charge is 0.481 e. The Morgan fingerprint density at radius 3 is 2.69 bits per heavy atom. The van der Waals surface area contributed by atoms with Crippen LogP contribution >= 0.6 is 0 Å². The molecule has 2 aromatic rings. The minimum atomic E-state index is -0.966. The highest BCUT2D eigenvalue weighted by atomic mass is 19.1. The molecule has 1 saturated heterocycles. The Labute approximate surface area is 150 Å². The fraction of sp³-hybridized carbons (Fsp3) is 0.389. The molecule has 138 valence electrons. The molecule has 0 atom stereocenters. The number of carbonyl (C=O) groups is 2. The summed E-state index contributed by atoms with van der Waals surface area (Å²) in [6.45, 7) is 1.17. The highest BCUT2D eigenvalue weighted by Gasteiger charge is 2.28. The van der Waals surface area contributed by atoms with Gasteiger partial charge in [-0.3, -0.25) is 9.59 Å². The molecule has 0 bridgehead atoms. The number of aliphatic carboxylic acids is 1. The number of carboxylic acid groups (broad SMARTS) is 1. The Bertz CT molecular complexity index is 786. The third kappa shape index (κ3) is 4.08. The minimum Gasteiger partial charge on any atom is -0.481 e. The van der Waals surface area contributed by atoms with Crippen LogP contribution in [0, 0.1) is 5.82 Å². The Morgan fingerprint density at radius 2 is 2.00 bits per heavy atom. The average molecular weight is 361 g/mol. The number of hydrogen-bond donors (Lipinski definition) is 1. The van der Waals surface area contributed by atoms with Crippen LogP contribution in [-0.2, 0) is 9.53 Å². The zero-order valence-electron chi connectivity index (χ0n) is 14.2. The van der Waals surface area contributed by atoms with Crippen molar-refractivity contribution in [3.05, 3.63) is 48.0 Å². The van der Waals surface area contributed by atoms with Crippen LogP contribution in [0.25, 0.3) is 5.69 Å². The quantitative estimate of drug-likeness (QED) is 0.852. The summed E-state index contributed by atoms with van der Waals surface area (Å²) in [4.78, 5) is 25.4. The molecule has 8 heteroatoms. The van der Waals surface area contributed by atoms with Crippen LogP contribution in [0.5, 0.6) is 0 Å². The molecule has 1 aromatic heterocycles. The summed E-state index contributed by atoms with van der Waals surface area (Å²) in [5, 5.41) is 13.2. The smallest absolute Gasteiger partial charge is 0.305 e. The molecule has 2 heterocycles. The number of nitrogens with zero attached hydrogens (tertiary/aromatic N) is 3. The summed E-state index contributed by atoms with van der Waals surface area (Å²) in [5.74, 6) is -1.76. The van der Waals surface area contributed by atoms with E-state index in [1.54, 1.807) is 23.1 Å². The van der Waals surface area contributed by atoms with Crippen LogP contribution in [0.3, 0.4) is 0 Å². The normalized spacial score (nSPS) is 15.0. The highest BCUT2D eigenvalue weighted by Crippen LogP contribution is 2.19. The Kier molecular flexibility index (Phi) is 5.62. The number of hydrogen-bond acceptors (Lipinski definition) is 4. The predicted octanol–water partition coefficient (Wildman–Crippen LogP) is 2.11. The van der Waals surface area contributed by atoms with Gasteiger partial charge < -0.3 is 14.7 Å². The molecule has 7 nitrogen and oxygen atoms in total. The van der Waals surface area contributed by atoms with E-state index >= 15 is 0 Å². The van der Waals surface area contributed by atoms with E-state index in [2.05, 4.69) is 5.10 Å². The van der Waals surface area contributed by atoms with Crippen molar-refractivity contribution >= 4 is 11.9 Å². The predicted molar refractivity (Wildman–Crippen MR) is 90.7 cm³/mol. The Morgan fingerprint density at radius 1 is 1.27 bits per heavy atom. The standard InChI is InChI=1S/C18H20FN3O4/c19-14-3-1-2-4-16(14)22-10-5-15(20-22)18(25)21(9-6-17(23)24)13-7-11-26-12-8-13/h1-5,10,13H,6-9,11-12H2,(H,23,24). The molecule has 1 amide bonds. The van der Waals surface area contributed by atoms with E-state index < -0.39 is 11.8 Å². The third-order valence-corrected chi connectivity index (χ3v) is 4.37. The van der Waals surface area contributed by atoms with Crippen molar-refractivity contribution < 1.29 is 23.8 Å². The number of carbonyl (C=O) groups excluding carboxylic acids is 1. The first-order valence-electron chi connectivity index (χ1n) is 8.47. The van der Waals surface area contributed by atoms with Crippen molar-refractivity contribution in [2.75, 3.05) is 19.8 Å². The van der Waals surface area contributed by atoms with E-state index in [1.165, 1.54) is 23.0 Å². The number of aromatic nitrogens is 2. The molecule has 0 unspecified atom stereocenters. The second-order valence-corrected chi connectivity index (χ2v) is 6.08. The zero-order chi connectivity index (χ0) is 18.5. The number of halogens is 1. The van der Waals surface area contributed by atoms with Gasteiger partial charge in [0.05, 0.1) is 6.42 Å². The topological polar surface area (TPSA) is 84.7 Å². The van der Waals surface area contributed by atoms with Gasteiger partial charge in [0.25, 0.3) is 5.91 Å². The van der Waals surface area contributed by atoms with Crippen molar-refractivity contribution in [1.29, 1.82) is 0 Å². The van der Waals surface area contributed by atoms with Gasteiger partial charge in [-0.25, -0.2) is 9.07 Å². The first-order valence-corrected chi connectivity index (χ1v) is 8.47. The minimum absolute atomic E-state index is 0.0887. The van der Waals surface area contributed by atoms with E-state index in [0.717, 1.165) is 0 Å². The molecule has 1 aromatic carbocycles. The maximum Gasteiger partial charge on any atom is 0.305 e. The van der Waals surface area contributed by atoms with Crippen molar-refractivity contribution in [1.82, 2.24) is 14.7 Å². The molecular formula is C18H20FN3O4. The summed E-state index contributed by atoms with van der Waals surface area (Å²) in [5.41, 5.74) is 0.403. The molecule has 0 radical (unpaired) electrons. The lowest BCUT2D eigenvalue weighted by Gasteiger charge is -2.33. The maximum absolute atomic E-state index is 13.9. The number of ether oxygens (including phenoxy) is 1. The molecule has 0 aliphatic carbocycles. The van der Waals surface area contributed by atoms with E-state index in [0.29, 0.717) is 26.1 Å². The second kappa shape index (κ2) is 8.09. The fourth-order valence-corrected chi connectivity index (χ4v) is 3.02. The summed E-state index contributed by atoms with van der Waals surface area (Å²) in [6.07, 6.45) is 2.68. The SMILES string of the molecule is O=C(O)CCN(C(=O)c1ccn(-c2ccccc2F)n1)C1CCOCC1. The lowest BCUT2D eigenvalue weighted by Crippen LogP contribution is -2.44. The van der Waals surface area contributed by atoms with Gasteiger partial charge in [-0.2, -0.15) is 5.10 Å². The molecule has 26 heavy (non-hydrogen) atoms. The number of amides is 1. The summed E-state index contributed by atoms with van der Waals surface area (Å²) in [7, 11) is 0. The van der Waals surface area contributed by atoms with E-state index in [9.17, 15) is 14.0 Å². The van der Waals surface area contributed by atoms with E-state index in [-0.39, 0.29) is 36.3 Å². The lowest BCUT2D eigenvalue weighted by molar-refractivity contribution is -0.137. The third-order valence-electron chi connectivity index (χ3n) is 4.37. The average Bonchev–Trinajstić information content (AvgIpc) is 3.12. The van der Waals surface area contributed by atoms with E-state index in [1.807, 2.05) is 0 Å². The van der Waals surface area contributed by atoms with E-state index in [4.69, 9.17) is 9.84 Å². The molecule has 0 saturated carbocycles. The molecule has 1 N–H and O–H groups in total. The summed E-state index contributed by atoms with van der Waals surface area (Å²) >= 11 is 0. The van der Waals surface area contributed by atoms with Gasteiger partial charge in [0.1, 0.15) is 11.5 Å². The van der Waals surface area contributed by atoms with Crippen molar-refractivity contribution in [3.8, 4) is 5.69 Å². The molecular weight excluding hydrogens is 341 g/mol. The van der Waals surface area contributed by atoms with Crippen molar-refractivity contribution in [2.45, 2.75) is 25.3 Å². The molecule has 1 aliphatic heterocycles. The van der Waals surface area contributed by atoms with Crippen LogP contribution in [0.2, 0.25) is 0 Å². The van der Waals surface area contributed by atoms with Gasteiger partial charge in [0, 0.05) is 32.0 Å². The van der Waals surface area contributed by atoms with Gasteiger partial charge in [0.15, 0.2) is 5.69 Å². The Hall–Kier alpha value is -2.74. The molecule has 1 aliphatic rings. The van der Waals surface area contributed by atoms with Gasteiger partial charge in [-0.15, -0.1) is 0 Å². The highest BCUT2D eigenvalue weighted by molar-refractivity contribution is 5.92. The fourth-order valence-electron chi connectivity index (χ4n) is 3.02. The molecule has 0 spiro atoms. The van der Waals surface area contributed by atoms with Crippen LogP contribution in [-0.4, -0.2) is 57.5 Å². The van der Waals surface area contributed by atoms with Crippen molar-refractivity contribution in [2.24, 2.45) is 0 Å². The van der Waals surface area contributed by atoms with Crippen molar-refractivity contribution in [3.63, 3.8) is 0 Å². The summed E-state index contributed by atoms with van der Waals surface area (Å²) in [6, 6.07) is 7.57. The maximum atomic E-state index is 13.9. The Balaban J connectivity index is 1.82. The first-order chi connectivity index (χ1) is 12.6. The molecule has 3 rings (SSSR count). The zero-order valence-corrected chi connectivity index (χ0v) is 14.2. The number of carboxylic acids is 1. The van der Waals surface area contributed by atoms with Gasteiger partial charge in [0.2, 0.25) is 0 Å². The first kappa shape index (κ1) is 18.1. The van der Waals surface area contributed by atoms with Crippen LogP contribution in [0.4, 0.5) is 4.39 Å². The van der Waals surface area contributed by atoms with Gasteiger partial charge >= 0.3 is 5.97 Å². The van der Waals surface area contributed by atoms with Gasteiger partial charge in [-0.05, 0) is 31.0 Å². The van der Waals surface area contributed by atoms with Crippen LogP contribution < -0.4 is 0 Å². The van der Waals surface area contributed by atoms with Crippen LogP contribution in [0.1, 0.15) is 29.8 Å². The summed E-state index contributed by atoms with van der Waals surface area (Å²) < 4.78 is 20.5. The lowest BCUT2D eigenvalue weighted by atomic mass is 10.1. The van der Waals surface area contributed by atoms with Crippen LogP contribution in [0.15, 0.2) is 36.5 Å². The second-order valence-electron chi connectivity index (χ2n) is 6.08. The van der Waals surface area contributed by atoms with Gasteiger partial charge in [-0.1, -0.05) is 12.1 Å². The molecule has 1 fully saturated rings. The number of benzene rings is 1. The monoisotopic (exact) mass is 361 g/mol. The number of rotatable bonds is 6.